The molecule has 0 aromatic rings. The zero-order chi connectivity index (χ0) is 16.3. The van der Waals surface area contributed by atoms with Crippen LogP contribution in [0.3, 0.4) is 0 Å². The summed E-state index contributed by atoms with van der Waals surface area (Å²) in [5.41, 5.74) is 0. The third-order valence-electron chi connectivity index (χ3n) is 3.35. The van der Waals surface area contributed by atoms with E-state index in [-0.39, 0.29) is 6.42 Å². The Labute approximate surface area is 135 Å². The normalized spacial score (nSPS) is 11.1. The fourth-order valence-electron chi connectivity index (χ4n) is 2.10. The van der Waals surface area contributed by atoms with Gasteiger partial charge >= 0.3 is 5.97 Å². The van der Waals surface area contributed by atoms with Crippen molar-refractivity contribution >= 4 is 12.3 Å². The maximum Gasteiger partial charge on any atom is 0.303 e. The summed E-state index contributed by atoms with van der Waals surface area (Å²) in [6.07, 6.45) is 9.85. The van der Waals surface area contributed by atoms with Crippen LogP contribution in [-0.4, -0.2) is 57.2 Å². The van der Waals surface area contributed by atoms with Crippen molar-refractivity contribution in [3.63, 3.8) is 0 Å². The van der Waals surface area contributed by atoms with Gasteiger partial charge in [0, 0.05) is 20.0 Å². The maximum absolute atomic E-state index is 10.3. The van der Waals surface area contributed by atoms with E-state index in [1.165, 1.54) is 25.7 Å². The summed E-state index contributed by atoms with van der Waals surface area (Å²) in [6, 6.07) is 0. The van der Waals surface area contributed by atoms with E-state index in [2.05, 4.69) is 20.9 Å². The molecule has 0 heterocycles. The van der Waals surface area contributed by atoms with Crippen molar-refractivity contribution in [1.82, 2.24) is 16.0 Å². The molecule has 0 aliphatic carbocycles. The molecule has 0 aliphatic heterocycles. The second kappa shape index (κ2) is 17.9. The van der Waals surface area contributed by atoms with E-state index in [0.717, 1.165) is 52.0 Å². The molecular weight excluding hydrogens is 280 g/mol. The summed E-state index contributed by atoms with van der Waals surface area (Å²) < 4.78 is 0. The molecule has 0 aliphatic rings. The van der Waals surface area contributed by atoms with Gasteiger partial charge in [-0.15, -0.1) is 0 Å². The number of carboxylic acid groups (broad SMARTS) is 1. The van der Waals surface area contributed by atoms with Gasteiger partial charge < -0.3 is 21.1 Å². The molecule has 0 aromatic heterocycles. The molecule has 22 heavy (non-hydrogen) atoms. The van der Waals surface area contributed by atoms with Crippen LogP contribution in [0.15, 0.2) is 4.99 Å². The highest BCUT2D eigenvalue weighted by Crippen LogP contribution is 1.98. The zero-order valence-electron chi connectivity index (χ0n) is 14.1. The molecule has 130 valence electrons. The molecule has 6 nitrogen and oxygen atoms in total. The number of nitrogens with one attached hydrogen (secondary N) is 3. The van der Waals surface area contributed by atoms with E-state index in [1.54, 1.807) is 13.4 Å². The molecule has 0 rings (SSSR count). The Balaban J connectivity index is 2.98. The fraction of sp³-hybridized carbons (Fsp3) is 0.875. The van der Waals surface area contributed by atoms with Crippen LogP contribution in [0, 0.1) is 0 Å². The fourth-order valence-corrected chi connectivity index (χ4v) is 2.10. The third-order valence-corrected chi connectivity index (χ3v) is 3.35. The van der Waals surface area contributed by atoms with E-state index in [4.69, 9.17) is 5.11 Å². The van der Waals surface area contributed by atoms with E-state index in [9.17, 15) is 4.79 Å². The van der Waals surface area contributed by atoms with Crippen LogP contribution in [0.2, 0.25) is 0 Å². The lowest BCUT2D eigenvalue weighted by Crippen LogP contribution is -2.22. The summed E-state index contributed by atoms with van der Waals surface area (Å²) >= 11 is 0. The van der Waals surface area contributed by atoms with Crippen LogP contribution in [-0.2, 0) is 4.79 Å². The van der Waals surface area contributed by atoms with Crippen LogP contribution in [0.5, 0.6) is 0 Å². The smallest absolute Gasteiger partial charge is 0.303 e. The molecule has 0 radical (unpaired) electrons. The van der Waals surface area contributed by atoms with Crippen LogP contribution in [0.25, 0.3) is 0 Å². The standard InChI is InChI=1S/C16H34N4O2/c1-17-15-20-14-8-13-19-11-6-3-2-5-10-18-12-7-4-9-16(21)22/h15,18-19H,2-14H2,1H3,(H,17,20)(H,21,22). The number of carboxylic acids is 1. The highest BCUT2D eigenvalue weighted by molar-refractivity contribution is 5.66. The lowest BCUT2D eigenvalue weighted by Gasteiger charge is -2.06. The van der Waals surface area contributed by atoms with Crippen molar-refractivity contribution in [2.75, 3.05) is 39.8 Å². The van der Waals surface area contributed by atoms with Crippen molar-refractivity contribution in [2.24, 2.45) is 4.99 Å². The number of nitrogens with zero attached hydrogens (tertiary/aromatic N) is 1. The van der Waals surface area contributed by atoms with E-state index in [0.29, 0.717) is 0 Å². The summed E-state index contributed by atoms with van der Waals surface area (Å²) in [4.78, 5) is 14.2. The van der Waals surface area contributed by atoms with Crippen LogP contribution in [0.1, 0.15) is 51.4 Å². The van der Waals surface area contributed by atoms with Crippen molar-refractivity contribution in [3.05, 3.63) is 0 Å². The van der Waals surface area contributed by atoms with Gasteiger partial charge in [-0.25, -0.2) is 0 Å². The molecule has 6 heteroatoms. The molecule has 0 saturated carbocycles. The first-order chi connectivity index (χ1) is 10.8. The van der Waals surface area contributed by atoms with Crippen molar-refractivity contribution < 1.29 is 9.90 Å². The Kier molecular flexibility index (Phi) is 17.0. The van der Waals surface area contributed by atoms with Gasteiger partial charge in [-0.3, -0.25) is 9.79 Å². The Morgan fingerprint density at radius 1 is 0.864 bits per heavy atom. The van der Waals surface area contributed by atoms with Gasteiger partial charge in [0.05, 0.1) is 6.34 Å². The first-order valence-corrected chi connectivity index (χ1v) is 8.54. The average Bonchev–Trinajstić information content (AvgIpc) is 2.50. The highest BCUT2D eigenvalue weighted by atomic mass is 16.4. The van der Waals surface area contributed by atoms with Crippen LogP contribution < -0.4 is 16.0 Å². The zero-order valence-corrected chi connectivity index (χ0v) is 14.1. The third kappa shape index (κ3) is 18.9. The number of unbranched alkanes of at least 4 members (excludes halogenated alkanes) is 4. The number of rotatable bonds is 17. The minimum atomic E-state index is -0.695. The highest BCUT2D eigenvalue weighted by Gasteiger charge is 1.96. The number of carbonyl (C=O) groups is 1. The Bertz CT molecular complexity index is 273. The quantitative estimate of drug-likeness (QED) is 0.186. The van der Waals surface area contributed by atoms with Gasteiger partial charge in [0.2, 0.25) is 0 Å². The van der Waals surface area contributed by atoms with Gasteiger partial charge in [-0.2, -0.15) is 0 Å². The molecule has 0 fully saturated rings. The van der Waals surface area contributed by atoms with Gasteiger partial charge in [-0.05, 0) is 58.3 Å². The Morgan fingerprint density at radius 3 is 1.95 bits per heavy atom. The molecule has 0 unspecified atom stereocenters. The maximum atomic E-state index is 10.3. The molecule has 0 aromatic carbocycles. The van der Waals surface area contributed by atoms with Crippen molar-refractivity contribution in [3.8, 4) is 0 Å². The first-order valence-electron chi connectivity index (χ1n) is 8.54. The minimum Gasteiger partial charge on any atom is -0.481 e. The number of hydrogen-bond acceptors (Lipinski definition) is 4. The molecule has 0 amide bonds. The summed E-state index contributed by atoms with van der Waals surface area (Å²) in [6.45, 7) is 5.12. The topological polar surface area (TPSA) is 85.8 Å². The van der Waals surface area contributed by atoms with Crippen LogP contribution >= 0.6 is 0 Å². The lowest BCUT2D eigenvalue weighted by atomic mass is 10.2. The summed E-state index contributed by atoms with van der Waals surface area (Å²) in [5, 5.41) is 18.4. The molecule has 0 bridgehead atoms. The summed E-state index contributed by atoms with van der Waals surface area (Å²) in [7, 11) is 1.76. The largest absolute Gasteiger partial charge is 0.481 e. The molecule has 4 N–H and O–H groups in total. The SMILES string of the molecule is CN=CNCCCNCCCCCCNCCCCC(=O)O. The van der Waals surface area contributed by atoms with Gasteiger partial charge in [0.1, 0.15) is 0 Å². The molecule has 0 saturated heterocycles. The Morgan fingerprint density at radius 2 is 1.41 bits per heavy atom. The number of hydrogen-bond donors (Lipinski definition) is 4. The van der Waals surface area contributed by atoms with Crippen LogP contribution in [0.4, 0.5) is 0 Å². The van der Waals surface area contributed by atoms with Gasteiger partial charge in [0.15, 0.2) is 0 Å². The van der Waals surface area contributed by atoms with E-state index >= 15 is 0 Å². The molecule has 0 atom stereocenters. The van der Waals surface area contributed by atoms with E-state index in [1.807, 2.05) is 0 Å². The monoisotopic (exact) mass is 314 g/mol. The van der Waals surface area contributed by atoms with Crippen molar-refractivity contribution in [2.45, 2.75) is 51.4 Å². The second-order valence-electron chi connectivity index (χ2n) is 5.46. The second-order valence-corrected chi connectivity index (χ2v) is 5.46. The average molecular weight is 314 g/mol. The van der Waals surface area contributed by atoms with Gasteiger partial charge in [0.25, 0.3) is 0 Å². The minimum absolute atomic E-state index is 0.289. The Hall–Kier alpha value is -1.14. The van der Waals surface area contributed by atoms with Gasteiger partial charge in [-0.1, -0.05) is 12.8 Å². The predicted molar refractivity (Wildman–Crippen MR) is 92.7 cm³/mol. The summed E-state index contributed by atoms with van der Waals surface area (Å²) in [5.74, 6) is -0.695. The van der Waals surface area contributed by atoms with E-state index < -0.39 is 5.97 Å². The number of aliphatic imine (C=N–C) groups is 1. The molecular formula is C16H34N4O2. The number of aliphatic carboxylic acids is 1. The van der Waals surface area contributed by atoms with Crippen molar-refractivity contribution in [1.29, 1.82) is 0 Å². The first kappa shape index (κ1) is 20.9. The lowest BCUT2D eigenvalue weighted by molar-refractivity contribution is -0.137. The molecule has 0 spiro atoms. The predicted octanol–water partition coefficient (Wildman–Crippen LogP) is 1.62.